The van der Waals surface area contributed by atoms with Gasteiger partial charge in [-0.1, -0.05) is 37.5 Å². The van der Waals surface area contributed by atoms with Gasteiger partial charge in [0.1, 0.15) is 17.3 Å². The molecule has 0 bridgehead atoms. The standard InChI is InChI=1S/C16H18ClFN2O3/c1-9(22-12-6-5-10(18)7-11(12)17)15(21)19-14-8-13(23-20-14)16(2,3)4/h5-9H,1-4H3,(H,19,20,21). The molecule has 1 N–H and O–H groups in total. The number of hydrogen-bond acceptors (Lipinski definition) is 4. The summed E-state index contributed by atoms with van der Waals surface area (Å²) in [6.45, 7) is 7.48. The van der Waals surface area contributed by atoms with E-state index in [2.05, 4.69) is 10.5 Å². The lowest BCUT2D eigenvalue weighted by Crippen LogP contribution is -2.30. The molecule has 0 aliphatic heterocycles. The number of ether oxygens (including phenoxy) is 1. The number of rotatable bonds is 4. The topological polar surface area (TPSA) is 64.4 Å². The highest BCUT2D eigenvalue weighted by Gasteiger charge is 2.22. The van der Waals surface area contributed by atoms with Gasteiger partial charge in [0.05, 0.1) is 5.02 Å². The molecule has 7 heteroatoms. The van der Waals surface area contributed by atoms with E-state index in [1.54, 1.807) is 13.0 Å². The molecule has 1 atom stereocenters. The van der Waals surface area contributed by atoms with Crippen LogP contribution in [0, 0.1) is 5.82 Å². The van der Waals surface area contributed by atoms with Gasteiger partial charge in [0.15, 0.2) is 11.9 Å². The summed E-state index contributed by atoms with van der Waals surface area (Å²) in [7, 11) is 0. The molecule has 1 amide bonds. The maximum atomic E-state index is 13.0. The summed E-state index contributed by atoms with van der Waals surface area (Å²) in [5.74, 6) is 0.297. The van der Waals surface area contributed by atoms with Crippen LogP contribution in [0.15, 0.2) is 28.8 Å². The average Bonchev–Trinajstić information content (AvgIpc) is 2.90. The second-order valence-corrected chi connectivity index (χ2v) is 6.56. The van der Waals surface area contributed by atoms with E-state index in [4.69, 9.17) is 20.9 Å². The zero-order valence-corrected chi connectivity index (χ0v) is 14.1. The molecule has 0 fully saturated rings. The third-order valence-corrected chi connectivity index (χ3v) is 3.36. The summed E-state index contributed by atoms with van der Waals surface area (Å²) >= 11 is 5.87. The van der Waals surface area contributed by atoms with E-state index in [1.165, 1.54) is 12.1 Å². The van der Waals surface area contributed by atoms with Crippen LogP contribution in [0.4, 0.5) is 10.2 Å². The number of hydrogen-bond donors (Lipinski definition) is 1. The highest BCUT2D eigenvalue weighted by atomic mass is 35.5. The number of halogens is 2. The molecule has 2 rings (SSSR count). The van der Waals surface area contributed by atoms with Gasteiger partial charge in [-0.2, -0.15) is 0 Å². The predicted molar refractivity (Wildman–Crippen MR) is 85.3 cm³/mol. The summed E-state index contributed by atoms with van der Waals surface area (Å²) in [5, 5.41) is 6.50. The van der Waals surface area contributed by atoms with E-state index in [0.717, 1.165) is 6.07 Å². The molecule has 0 spiro atoms. The van der Waals surface area contributed by atoms with Crippen LogP contribution in [-0.2, 0) is 10.2 Å². The Balaban J connectivity index is 2.01. The van der Waals surface area contributed by atoms with Crippen molar-refractivity contribution in [2.24, 2.45) is 0 Å². The zero-order chi connectivity index (χ0) is 17.2. The van der Waals surface area contributed by atoms with Crippen molar-refractivity contribution in [1.82, 2.24) is 5.16 Å². The highest BCUT2D eigenvalue weighted by Crippen LogP contribution is 2.27. The minimum Gasteiger partial charge on any atom is -0.479 e. The molecule has 1 aromatic carbocycles. The predicted octanol–water partition coefficient (Wildman–Crippen LogP) is 4.17. The van der Waals surface area contributed by atoms with Crippen molar-refractivity contribution in [2.45, 2.75) is 39.2 Å². The minimum absolute atomic E-state index is 0.0982. The summed E-state index contributed by atoms with van der Waals surface area (Å²) < 4.78 is 23.6. The van der Waals surface area contributed by atoms with Gasteiger partial charge in [-0.15, -0.1) is 0 Å². The van der Waals surface area contributed by atoms with E-state index < -0.39 is 17.8 Å². The average molecular weight is 341 g/mol. The molecule has 1 heterocycles. The van der Waals surface area contributed by atoms with Gasteiger partial charge in [-0.3, -0.25) is 4.79 Å². The molecule has 0 aliphatic rings. The van der Waals surface area contributed by atoms with Crippen molar-refractivity contribution < 1.29 is 18.4 Å². The lowest BCUT2D eigenvalue weighted by atomic mass is 9.93. The van der Waals surface area contributed by atoms with Crippen molar-refractivity contribution in [2.75, 3.05) is 5.32 Å². The Hall–Kier alpha value is -2.08. The van der Waals surface area contributed by atoms with Crippen LogP contribution >= 0.6 is 11.6 Å². The van der Waals surface area contributed by atoms with Gasteiger partial charge in [0.25, 0.3) is 5.91 Å². The first-order valence-corrected chi connectivity index (χ1v) is 7.44. The van der Waals surface area contributed by atoms with E-state index in [-0.39, 0.29) is 16.2 Å². The Bertz CT molecular complexity index is 710. The Kier molecular flexibility index (Phi) is 4.94. The van der Waals surface area contributed by atoms with E-state index >= 15 is 0 Å². The van der Waals surface area contributed by atoms with Gasteiger partial charge >= 0.3 is 0 Å². The second-order valence-electron chi connectivity index (χ2n) is 6.15. The molecule has 1 aromatic heterocycles. The van der Waals surface area contributed by atoms with Crippen LogP contribution < -0.4 is 10.1 Å². The minimum atomic E-state index is -0.840. The monoisotopic (exact) mass is 340 g/mol. The molecule has 0 radical (unpaired) electrons. The third kappa shape index (κ3) is 4.45. The van der Waals surface area contributed by atoms with Crippen LogP contribution in [0.3, 0.4) is 0 Å². The van der Waals surface area contributed by atoms with Crippen LogP contribution in [0.25, 0.3) is 0 Å². The van der Waals surface area contributed by atoms with Crippen molar-refractivity contribution >= 4 is 23.3 Å². The molecular formula is C16H18ClFN2O3. The molecule has 2 aromatic rings. The Labute approximate surface area is 138 Å². The van der Waals surface area contributed by atoms with E-state index in [1.807, 2.05) is 20.8 Å². The maximum absolute atomic E-state index is 13.0. The molecule has 5 nitrogen and oxygen atoms in total. The summed E-state index contributed by atoms with van der Waals surface area (Å²) in [5.41, 5.74) is -0.209. The number of amides is 1. The fraction of sp³-hybridized carbons (Fsp3) is 0.375. The Morgan fingerprint density at radius 3 is 2.65 bits per heavy atom. The molecule has 1 unspecified atom stereocenters. The first-order chi connectivity index (χ1) is 10.7. The molecule has 124 valence electrons. The quantitative estimate of drug-likeness (QED) is 0.907. The van der Waals surface area contributed by atoms with Crippen molar-refractivity contribution in [1.29, 1.82) is 0 Å². The van der Waals surface area contributed by atoms with Crippen molar-refractivity contribution in [3.8, 4) is 5.75 Å². The van der Waals surface area contributed by atoms with Crippen molar-refractivity contribution in [3.05, 3.63) is 40.9 Å². The normalized spacial score (nSPS) is 12.8. The van der Waals surface area contributed by atoms with Crippen molar-refractivity contribution in [3.63, 3.8) is 0 Å². The fourth-order valence-corrected chi connectivity index (χ4v) is 1.94. The molecule has 0 saturated heterocycles. The second kappa shape index (κ2) is 6.58. The number of benzene rings is 1. The lowest BCUT2D eigenvalue weighted by molar-refractivity contribution is -0.122. The largest absolute Gasteiger partial charge is 0.479 e. The summed E-state index contributed by atoms with van der Waals surface area (Å²) in [4.78, 5) is 12.1. The number of carbonyl (C=O) groups excluding carboxylic acids is 1. The molecule has 0 aliphatic carbocycles. The Morgan fingerprint density at radius 2 is 2.09 bits per heavy atom. The fourth-order valence-electron chi connectivity index (χ4n) is 1.73. The number of carbonyl (C=O) groups is 1. The number of aromatic nitrogens is 1. The van der Waals surface area contributed by atoms with Gasteiger partial charge in [0, 0.05) is 11.5 Å². The third-order valence-electron chi connectivity index (χ3n) is 3.07. The smallest absolute Gasteiger partial charge is 0.266 e. The highest BCUT2D eigenvalue weighted by molar-refractivity contribution is 6.32. The lowest BCUT2D eigenvalue weighted by Gasteiger charge is -2.14. The zero-order valence-electron chi connectivity index (χ0n) is 13.3. The van der Waals surface area contributed by atoms with Gasteiger partial charge in [-0.25, -0.2) is 4.39 Å². The van der Waals surface area contributed by atoms with Crippen LogP contribution in [0.1, 0.15) is 33.5 Å². The van der Waals surface area contributed by atoms with Crippen LogP contribution in [0.2, 0.25) is 5.02 Å². The molecule has 23 heavy (non-hydrogen) atoms. The van der Waals surface area contributed by atoms with E-state index in [9.17, 15) is 9.18 Å². The molecule has 0 saturated carbocycles. The maximum Gasteiger partial charge on any atom is 0.266 e. The summed E-state index contributed by atoms with van der Waals surface area (Å²) in [6.07, 6.45) is -0.840. The molecular weight excluding hydrogens is 323 g/mol. The van der Waals surface area contributed by atoms with Crippen LogP contribution in [-0.4, -0.2) is 17.2 Å². The number of nitrogens with zero attached hydrogens (tertiary/aromatic N) is 1. The van der Waals surface area contributed by atoms with Gasteiger partial charge < -0.3 is 14.6 Å². The number of anilines is 1. The van der Waals surface area contributed by atoms with Crippen LogP contribution in [0.5, 0.6) is 5.75 Å². The van der Waals surface area contributed by atoms with Gasteiger partial charge in [0.2, 0.25) is 0 Å². The number of nitrogens with one attached hydrogen (secondary N) is 1. The SMILES string of the molecule is CC(Oc1ccc(F)cc1Cl)C(=O)Nc1cc(C(C)(C)C)on1. The van der Waals surface area contributed by atoms with Gasteiger partial charge in [-0.05, 0) is 25.1 Å². The Morgan fingerprint density at radius 1 is 1.39 bits per heavy atom. The summed E-state index contributed by atoms with van der Waals surface area (Å²) in [6, 6.07) is 5.36. The van der Waals surface area contributed by atoms with E-state index in [0.29, 0.717) is 11.6 Å². The first-order valence-electron chi connectivity index (χ1n) is 7.06. The first kappa shape index (κ1) is 17.3.